The molecule has 0 radical (unpaired) electrons. The molecule has 9 aromatic carbocycles. The monoisotopic (exact) mass is 881 g/mol. The van der Waals surface area contributed by atoms with Gasteiger partial charge in [-0.1, -0.05) is 188 Å². The molecule has 0 atom stereocenters. The molecule has 13 aromatic rings. The Hall–Kier alpha value is -9.39. The highest BCUT2D eigenvalue weighted by atomic mass is 16.3. The van der Waals surface area contributed by atoms with Crippen LogP contribution in [0, 0.1) is 0 Å². The number of para-hydroxylation sites is 2. The van der Waals surface area contributed by atoms with E-state index in [0.717, 1.165) is 122 Å². The van der Waals surface area contributed by atoms with Crippen molar-refractivity contribution in [2.24, 2.45) is 0 Å². The van der Waals surface area contributed by atoms with E-state index >= 15 is 0 Å². The molecule has 0 aliphatic heterocycles. The maximum Gasteiger partial charge on any atom is 0.160 e. The number of benzene rings is 9. The zero-order valence-electron chi connectivity index (χ0n) is 37.2. The maximum absolute atomic E-state index is 7.06. The molecule has 0 fully saturated rings. The first-order chi connectivity index (χ1) is 34.2. The van der Waals surface area contributed by atoms with Crippen LogP contribution >= 0.6 is 0 Å². The number of hydrogen-bond acceptors (Lipinski definition) is 6. The lowest BCUT2D eigenvalue weighted by atomic mass is 9.90. The minimum Gasteiger partial charge on any atom is -0.455 e. The van der Waals surface area contributed by atoms with Crippen molar-refractivity contribution in [3.63, 3.8) is 0 Å². The fraction of sp³-hybridized carbons (Fsp3) is 0. The van der Waals surface area contributed by atoms with Crippen LogP contribution in [0.4, 0.5) is 0 Å². The van der Waals surface area contributed by atoms with Crippen LogP contribution in [0.15, 0.2) is 241 Å². The van der Waals surface area contributed by atoms with Crippen molar-refractivity contribution in [2.75, 3.05) is 0 Å². The Morgan fingerprint density at radius 1 is 0.275 bits per heavy atom. The molecule has 0 unspecified atom stereocenters. The molecule has 6 heteroatoms. The van der Waals surface area contributed by atoms with Crippen LogP contribution < -0.4 is 0 Å². The van der Waals surface area contributed by atoms with Crippen molar-refractivity contribution < 1.29 is 4.42 Å². The summed E-state index contributed by atoms with van der Waals surface area (Å²) in [4.78, 5) is 26.6. The van der Waals surface area contributed by atoms with Gasteiger partial charge in [0.1, 0.15) is 11.2 Å². The number of pyridine rings is 1. The molecule has 0 amide bonds. The van der Waals surface area contributed by atoms with E-state index in [-0.39, 0.29) is 0 Å². The van der Waals surface area contributed by atoms with Gasteiger partial charge in [-0.25, -0.2) is 24.9 Å². The third-order valence-corrected chi connectivity index (χ3v) is 12.8. The second kappa shape index (κ2) is 16.8. The van der Waals surface area contributed by atoms with Gasteiger partial charge in [0.25, 0.3) is 0 Å². The molecule has 6 nitrogen and oxygen atoms in total. The van der Waals surface area contributed by atoms with Crippen molar-refractivity contribution in [3.8, 4) is 90.2 Å². The van der Waals surface area contributed by atoms with Gasteiger partial charge >= 0.3 is 0 Å². The van der Waals surface area contributed by atoms with E-state index in [1.165, 1.54) is 0 Å². The van der Waals surface area contributed by atoms with E-state index in [0.29, 0.717) is 11.6 Å². The Bertz CT molecular complexity index is 3790. The van der Waals surface area contributed by atoms with Crippen LogP contribution in [0.3, 0.4) is 0 Å². The molecule has 0 aliphatic rings. The summed E-state index contributed by atoms with van der Waals surface area (Å²) in [6, 6.07) is 81.3. The van der Waals surface area contributed by atoms with Gasteiger partial charge in [0, 0.05) is 71.4 Å². The summed E-state index contributed by atoms with van der Waals surface area (Å²) in [5, 5.41) is 5.26. The van der Waals surface area contributed by atoms with E-state index in [2.05, 4.69) is 152 Å². The van der Waals surface area contributed by atoms with Crippen molar-refractivity contribution >= 4 is 43.6 Å². The number of rotatable bonds is 8. The van der Waals surface area contributed by atoms with Gasteiger partial charge < -0.3 is 4.42 Å². The summed E-state index contributed by atoms with van der Waals surface area (Å²) in [5.74, 6) is 1.21. The largest absolute Gasteiger partial charge is 0.455 e. The normalized spacial score (nSPS) is 11.5. The highest BCUT2D eigenvalue weighted by Crippen LogP contribution is 2.47. The molecule has 0 spiro atoms. The molecular weight excluding hydrogens is 843 g/mol. The molecular formula is C63H39N5O. The average molecular weight is 882 g/mol. The number of furan rings is 1. The van der Waals surface area contributed by atoms with E-state index in [1.807, 2.05) is 84.9 Å². The van der Waals surface area contributed by atoms with Crippen LogP contribution in [0.2, 0.25) is 0 Å². The second-order valence-electron chi connectivity index (χ2n) is 17.2. The summed E-state index contributed by atoms with van der Waals surface area (Å²) in [6.45, 7) is 0. The molecule has 69 heavy (non-hydrogen) atoms. The Morgan fingerprint density at radius 2 is 0.710 bits per heavy atom. The summed E-state index contributed by atoms with van der Waals surface area (Å²) in [7, 11) is 0. The molecule has 0 N–H and O–H groups in total. The fourth-order valence-electron chi connectivity index (χ4n) is 9.58. The number of fused-ring (bicyclic) bond motifs is 7. The predicted octanol–water partition coefficient (Wildman–Crippen LogP) is 16.2. The van der Waals surface area contributed by atoms with Crippen LogP contribution in [-0.4, -0.2) is 24.9 Å². The lowest BCUT2D eigenvalue weighted by Gasteiger charge is -2.16. The zero-order valence-corrected chi connectivity index (χ0v) is 37.2. The minimum atomic E-state index is 0.582. The van der Waals surface area contributed by atoms with Crippen LogP contribution in [0.1, 0.15) is 0 Å². The van der Waals surface area contributed by atoms with E-state index in [9.17, 15) is 0 Å². The van der Waals surface area contributed by atoms with E-state index < -0.39 is 0 Å². The molecule has 322 valence electrons. The molecule has 0 bridgehead atoms. The smallest absolute Gasteiger partial charge is 0.160 e. The first-order valence-corrected chi connectivity index (χ1v) is 23.1. The van der Waals surface area contributed by atoms with Crippen molar-refractivity contribution in [1.29, 1.82) is 0 Å². The Morgan fingerprint density at radius 3 is 1.29 bits per heavy atom. The molecule has 0 aliphatic carbocycles. The Balaban J connectivity index is 1.15. The van der Waals surface area contributed by atoms with E-state index in [4.69, 9.17) is 29.3 Å². The molecule has 0 saturated carbocycles. The Kier molecular flexibility index (Phi) is 9.72. The number of hydrogen-bond donors (Lipinski definition) is 0. The fourth-order valence-corrected chi connectivity index (χ4v) is 9.58. The lowest BCUT2D eigenvalue weighted by Crippen LogP contribution is -1.99. The topological polar surface area (TPSA) is 77.6 Å². The average Bonchev–Trinajstić information content (AvgIpc) is 3.83. The van der Waals surface area contributed by atoms with Gasteiger partial charge in [-0.15, -0.1) is 0 Å². The third kappa shape index (κ3) is 7.28. The SMILES string of the molecule is c1ccc(-c2cc(-c3cc(-c4nc(-c5ccccc5)cc(-c5ccccc5)n4)cc(-c4cc5c(-c6ccccc6)nc6ccccc6c5c5c4oc4ccccc45)c3)nc(-c3ccccc3)n2)cc1. The van der Waals surface area contributed by atoms with Crippen molar-refractivity contribution in [1.82, 2.24) is 24.9 Å². The standard InChI is InChI=1S/C63H39N5O/c1-6-20-40(21-7-1)53-38-54(41-22-8-2-9-23-41)67-63(66-53)47-35-45(34-46(36-47)56-39-55(42-24-10-3-11-25-42)65-62(68-56)44-28-14-5-15-29-44)50-37-51-58(59-49-31-17-19-33-57(49)69-61(50)59)48-30-16-18-32-52(48)64-60(51)43-26-12-4-13-27-43/h1-39H. The van der Waals surface area contributed by atoms with Gasteiger partial charge in [-0.05, 0) is 54.1 Å². The highest BCUT2D eigenvalue weighted by Gasteiger charge is 2.23. The quantitative estimate of drug-likeness (QED) is 0.142. The van der Waals surface area contributed by atoms with Crippen molar-refractivity contribution in [3.05, 3.63) is 237 Å². The first kappa shape index (κ1) is 39.9. The number of nitrogens with zero attached hydrogens (tertiary/aromatic N) is 5. The number of aromatic nitrogens is 5. The van der Waals surface area contributed by atoms with Gasteiger partial charge in [-0.3, -0.25) is 0 Å². The Labute approximate surface area is 398 Å². The van der Waals surface area contributed by atoms with Gasteiger partial charge in [0.05, 0.1) is 34.0 Å². The molecule has 0 saturated heterocycles. The minimum absolute atomic E-state index is 0.582. The molecule has 13 rings (SSSR count). The third-order valence-electron chi connectivity index (χ3n) is 12.8. The summed E-state index contributed by atoms with van der Waals surface area (Å²) in [5.41, 5.74) is 15.1. The zero-order chi connectivity index (χ0) is 45.7. The summed E-state index contributed by atoms with van der Waals surface area (Å²) < 4.78 is 7.06. The van der Waals surface area contributed by atoms with Crippen molar-refractivity contribution in [2.45, 2.75) is 0 Å². The van der Waals surface area contributed by atoms with Crippen LogP contribution in [0.5, 0.6) is 0 Å². The second-order valence-corrected chi connectivity index (χ2v) is 17.2. The van der Waals surface area contributed by atoms with Gasteiger partial charge in [0.2, 0.25) is 0 Å². The summed E-state index contributed by atoms with van der Waals surface area (Å²) >= 11 is 0. The maximum atomic E-state index is 7.06. The lowest BCUT2D eigenvalue weighted by molar-refractivity contribution is 0.670. The van der Waals surface area contributed by atoms with E-state index in [1.54, 1.807) is 0 Å². The van der Waals surface area contributed by atoms with Crippen LogP contribution in [-0.2, 0) is 0 Å². The predicted molar refractivity (Wildman–Crippen MR) is 281 cm³/mol. The summed E-state index contributed by atoms with van der Waals surface area (Å²) in [6.07, 6.45) is 0. The molecule has 4 heterocycles. The van der Waals surface area contributed by atoms with Crippen LogP contribution in [0.25, 0.3) is 134 Å². The first-order valence-electron chi connectivity index (χ1n) is 23.1. The van der Waals surface area contributed by atoms with Gasteiger partial charge in [0.15, 0.2) is 11.6 Å². The molecule has 4 aromatic heterocycles. The highest BCUT2D eigenvalue weighted by molar-refractivity contribution is 6.30. The van der Waals surface area contributed by atoms with Gasteiger partial charge in [-0.2, -0.15) is 0 Å².